The predicted molar refractivity (Wildman–Crippen MR) is 117 cm³/mol. The number of carbonyl (C=O) groups excluding carboxylic acids is 1. The van der Waals surface area contributed by atoms with E-state index in [0.717, 1.165) is 17.5 Å². The zero-order valence-corrected chi connectivity index (χ0v) is 18.3. The van der Waals surface area contributed by atoms with Crippen LogP contribution in [-0.4, -0.2) is 25.0 Å². The fourth-order valence-electron chi connectivity index (χ4n) is 3.40. The van der Waals surface area contributed by atoms with Crippen LogP contribution in [0.1, 0.15) is 38.4 Å². The highest BCUT2D eigenvalue weighted by Crippen LogP contribution is 2.26. The van der Waals surface area contributed by atoms with Crippen molar-refractivity contribution < 1.29 is 13.2 Å². The molecule has 1 aromatic heterocycles. The lowest BCUT2D eigenvalue weighted by Crippen LogP contribution is -2.11. The molecule has 1 heterocycles. The fourth-order valence-corrected chi connectivity index (χ4v) is 4.09. The molecule has 3 rings (SSSR count). The summed E-state index contributed by atoms with van der Waals surface area (Å²) in [5, 5.41) is 10.3. The van der Waals surface area contributed by atoms with Crippen molar-refractivity contribution in [3.63, 3.8) is 0 Å². The van der Waals surface area contributed by atoms with Crippen molar-refractivity contribution in [3.05, 3.63) is 87.2 Å². The minimum Gasteiger partial charge on any atom is -0.343 e. The molecule has 0 aliphatic rings. The zero-order chi connectivity index (χ0) is 22.1. The third kappa shape index (κ3) is 4.56. The molecule has 0 amide bonds. The van der Waals surface area contributed by atoms with Crippen molar-refractivity contribution in [2.75, 3.05) is 11.0 Å². The number of nitrogens with zero attached hydrogens (tertiary/aromatic N) is 2. The third-order valence-electron chi connectivity index (χ3n) is 4.82. The number of hydrogen-bond acceptors (Lipinski definition) is 4. The molecule has 0 unspecified atom stereocenters. The minimum absolute atomic E-state index is 0.179. The van der Waals surface area contributed by atoms with Gasteiger partial charge in [0.2, 0.25) is 15.8 Å². The summed E-state index contributed by atoms with van der Waals surface area (Å²) < 4.78 is 26.9. The van der Waals surface area contributed by atoms with E-state index in [2.05, 4.69) is 10.8 Å². The van der Waals surface area contributed by atoms with E-state index in [-0.39, 0.29) is 5.78 Å². The molecule has 0 atom stereocenters. The van der Waals surface area contributed by atoms with Crippen LogP contribution in [-0.2, 0) is 23.5 Å². The molecular weight excluding hydrogens is 422 g/mol. The highest BCUT2D eigenvalue weighted by molar-refractivity contribution is 7.92. The first kappa shape index (κ1) is 21.6. The Hall–Kier alpha value is -3.08. The van der Waals surface area contributed by atoms with Crippen LogP contribution in [0.3, 0.4) is 0 Å². The van der Waals surface area contributed by atoms with Crippen LogP contribution >= 0.6 is 11.6 Å². The topological polar surface area (TPSA) is 92.0 Å². The summed E-state index contributed by atoms with van der Waals surface area (Å²) in [5.74, 6) is -0.179. The first-order valence-corrected chi connectivity index (χ1v) is 11.3. The number of nitriles is 1. The highest BCUT2D eigenvalue weighted by atomic mass is 35.5. The van der Waals surface area contributed by atoms with Gasteiger partial charge in [0.25, 0.3) is 0 Å². The van der Waals surface area contributed by atoms with Gasteiger partial charge in [-0.2, -0.15) is 5.26 Å². The number of hydrogen-bond donors (Lipinski definition) is 1. The Morgan fingerprint density at radius 2 is 1.73 bits per heavy atom. The van der Waals surface area contributed by atoms with Gasteiger partial charge in [-0.25, -0.2) is 8.42 Å². The summed E-state index contributed by atoms with van der Waals surface area (Å²) in [5.41, 5.74) is 4.12. The van der Waals surface area contributed by atoms with Crippen LogP contribution in [0.15, 0.2) is 48.5 Å². The second kappa shape index (κ2) is 8.34. The quantitative estimate of drug-likeness (QED) is 0.584. The van der Waals surface area contributed by atoms with E-state index in [4.69, 9.17) is 11.6 Å². The number of rotatable bonds is 6. The maximum Gasteiger partial charge on any atom is 0.229 e. The van der Waals surface area contributed by atoms with Gasteiger partial charge in [-0.1, -0.05) is 23.7 Å². The predicted octanol–water partition coefficient (Wildman–Crippen LogP) is 4.05. The smallest absolute Gasteiger partial charge is 0.229 e. The standard InChI is InChI=1S/C22H20ClN3O3S/c1-14-19(13-24)20(12-15-4-10-18(11-5-15)25-30(3,28)29)26(2)21(14)22(27)16-6-8-17(23)9-7-16/h4-11,25H,12H2,1-3H3. The van der Waals surface area contributed by atoms with Crippen LogP contribution in [0.4, 0.5) is 5.69 Å². The van der Waals surface area contributed by atoms with Crippen LogP contribution in [0.2, 0.25) is 5.02 Å². The van der Waals surface area contributed by atoms with Gasteiger partial charge < -0.3 is 4.57 Å². The molecule has 1 N–H and O–H groups in total. The SMILES string of the molecule is Cc1c(C#N)c(Cc2ccc(NS(C)(=O)=O)cc2)n(C)c1C(=O)c1ccc(Cl)cc1. The highest BCUT2D eigenvalue weighted by Gasteiger charge is 2.24. The minimum atomic E-state index is -3.35. The average molecular weight is 442 g/mol. The Morgan fingerprint density at radius 1 is 1.13 bits per heavy atom. The van der Waals surface area contributed by atoms with Gasteiger partial charge in [0, 0.05) is 35.4 Å². The Labute approximate surface area is 180 Å². The summed E-state index contributed by atoms with van der Waals surface area (Å²) in [4.78, 5) is 13.1. The second-order valence-electron chi connectivity index (χ2n) is 7.05. The van der Waals surface area contributed by atoms with Gasteiger partial charge in [-0.3, -0.25) is 9.52 Å². The van der Waals surface area contributed by atoms with E-state index < -0.39 is 10.0 Å². The fraction of sp³-hybridized carbons (Fsp3) is 0.182. The van der Waals surface area contributed by atoms with Crippen LogP contribution in [0.5, 0.6) is 0 Å². The molecule has 154 valence electrons. The second-order valence-corrected chi connectivity index (χ2v) is 9.23. The van der Waals surface area contributed by atoms with Crippen molar-refractivity contribution in [3.8, 4) is 6.07 Å². The van der Waals surface area contributed by atoms with Gasteiger partial charge in [-0.15, -0.1) is 0 Å². The van der Waals surface area contributed by atoms with Gasteiger partial charge in [0.15, 0.2) is 0 Å². The number of nitrogens with one attached hydrogen (secondary N) is 1. The summed E-state index contributed by atoms with van der Waals surface area (Å²) >= 11 is 5.92. The molecule has 0 fully saturated rings. The molecule has 30 heavy (non-hydrogen) atoms. The summed E-state index contributed by atoms with van der Waals surface area (Å²) in [6.45, 7) is 1.77. The Morgan fingerprint density at radius 3 is 2.27 bits per heavy atom. The van der Waals surface area contributed by atoms with E-state index in [0.29, 0.717) is 39.5 Å². The van der Waals surface area contributed by atoms with E-state index >= 15 is 0 Å². The Balaban J connectivity index is 1.96. The monoisotopic (exact) mass is 441 g/mol. The maximum atomic E-state index is 13.1. The van der Waals surface area contributed by atoms with Gasteiger partial charge in [-0.05, 0) is 54.4 Å². The summed E-state index contributed by atoms with van der Waals surface area (Å²) in [6, 6.07) is 15.8. The first-order valence-electron chi connectivity index (χ1n) is 9.06. The molecule has 2 aromatic carbocycles. The zero-order valence-electron chi connectivity index (χ0n) is 16.7. The Kier molecular flexibility index (Phi) is 6.01. The molecule has 6 nitrogen and oxygen atoms in total. The number of carbonyl (C=O) groups is 1. The largest absolute Gasteiger partial charge is 0.343 e. The van der Waals surface area contributed by atoms with E-state index in [1.54, 1.807) is 67.1 Å². The van der Waals surface area contributed by atoms with Gasteiger partial charge in [0.05, 0.1) is 17.5 Å². The van der Waals surface area contributed by atoms with E-state index in [1.165, 1.54) is 0 Å². The normalized spacial score (nSPS) is 11.2. The summed E-state index contributed by atoms with van der Waals surface area (Å²) in [6.07, 6.45) is 1.51. The summed E-state index contributed by atoms with van der Waals surface area (Å²) in [7, 11) is -1.58. The van der Waals surface area contributed by atoms with Crippen molar-refractivity contribution in [1.29, 1.82) is 5.26 Å². The molecule has 0 saturated carbocycles. The number of benzene rings is 2. The molecule has 3 aromatic rings. The number of halogens is 1. The Bertz CT molecular complexity index is 1250. The molecule has 8 heteroatoms. The molecule has 0 aliphatic carbocycles. The molecule has 0 radical (unpaired) electrons. The van der Waals surface area contributed by atoms with Gasteiger partial charge >= 0.3 is 0 Å². The van der Waals surface area contributed by atoms with Crippen molar-refractivity contribution in [2.45, 2.75) is 13.3 Å². The van der Waals surface area contributed by atoms with Crippen LogP contribution in [0.25, 0.3) is 0 Å². The molecule has 0 spiro atoms. The first-order chi connectivity index (χ1) is 14.1. The molecule has 0 saturated heterocycles. The lowest BCUT2D eigenvalue weighted by molar-refractivity contribution is 0.103. The van der Waals surface area contributed by atoms with Crippen molar-refractivity contribution in [1.82, 2.24) is 4.57 Å². The van der Waals surface area contributed by atoms with Crippen LogP contribution < -0.4 is 4.72 Å². The molecule has 0 aliphatic heterocycles. The number of aromatic nitrogens is 1. The third-order valence-corrected chi connectivity index (χ3v) is 5.68. The van der Waals surface area contributed by atoms with Gasteiger partial charge in [0.1, 0.15) is 6.07 Å². The average Bonchev–Trinajstić information content (AvgIpc) is 2.91. The number of anilines is 1. The van der Waals surface area contributed by atoms with Crippen molar-refractivity contribution >= 4 is 33.1 Å². The van der Waals surface area contributed by atoms with Crippen molar-refractivity contribution in [2.24, 2.45) is 7.05 Å². The van der Waals surface area contributed by atoms with E-state index in [1.807, 2.05) is 0 Å². The molecule has 0 bridgehead atoms. The lowest BCUT2D eigenvalue weighted by atomic mass is 10.0. The maximum absolute atomic E-state index is 13.1. The number of ketones is 1. The number of sulfonamides is 1. The lowest BCUT2D eigenvalue weighted by Gasteiger charge is -2.09. The van der Waals surface area contributed by atoms with E-state index in [9.17, 15) is 18.5 Å². The van der Waals surface area contributed by atoms with Crippen LogP contribution in [0, 0.1) is 18.3 Å². The molecular formula is C22H20ClN3O3S.